The van der Waals surface area contributed by atoms with Gasteiger partial charge in [-0.2, -0.15) is 0 Å². The predicted molar refractivity (Wildman–Crippen MR) is 79.5 cm³/mol. The lowest BCUT2D eigenvalue weighted by Gasteiger charge is -2.09. The van der Waals surface area contributed by atoms with Crippen LogP contribution in [0.1, 0.15) is 24.4 Å². The molecule has 0 aliphatic rings. The average Bonchev–Trinajstić information content (AvgIpc) is 2.91. The highest BCUT2D eigenvalue weighted by Crippen LogP contribution is 2.12. The Labute approximate surface area is 122 Å². The number of aromatic amines is 1. The normalized spacial score (nSPS) is 13.7. The average molecular weight is 312 g/mol. The van der Waals surface area contributed by atoms with Crippen LogP contribution in [0.2, 0.25) is 5.02 Å². The molecule has 1 unspecified atom stereocenters. The molecule has 5 nitrogen and oxygen atoms in total. The van der Waals surface area contributed by atoms with Crippen molar-refractivity contribution in [3.63, 3.8) is 0 Å². The largest absolute Gasteiger partial charge is 0.347 e. The molecule has 2 rings (SSSR count). The second-order valence-electron chi connectivity index (χ2n) is 4.21. The van der Waals surface area contributed by atoms with Gasteiger partial charge in [0.1, 0.15) is 5.82 Å². The number of aromatic nitrogens is 2. The van der Waals surface area contributed by atoms with Crippen LogP contribution in [0.3, 0.4) is 0 Å². The van der Waals surface area contributed by atoms with Gasteiger partial charge in [-0.25, -0.2) is 18.1 Å². The number of benzene rings is 1. The number of nitrogens with zero attached hydrogens (tertiary/aromatic N) is 1. The molecule has 1 aromatic carbocycles. The first-order chi connectivity index (χ1) is 9.46. The Bertz CT molecular complexity index is 679. The van der Waals surface area contributed by atoms with Crippen molar-refractivity contribution >= 4 is 27.7 Å². The van der Waals surface area contributed by atoms with Crippen LogP contribution in [0.5, 0.6) is 0 Å². The molecule has 2 aromatic rings. The number of hydrogen-bond donors (Lipinski definition) is 2. The molecular formula is C13H14ClN3O2S. The molecule has 1 aromatic heterocycles. The van der Waals surface area contributed by atoms with E-state index < -0.39 is 16.1 Å². The fraction of sp³-hybridized carbons (Fsp3) is 0.154. The molecule has 106 valence electrons. The lowest BCUT2D eigenvalue weighted by molar-refractivity contribution is 0.570. The maximum absolute atomic E-state index is 11.9. The van der Waals surface area contributed by atoms with Gasteiger partial charge in [0.2, 0.25) is 10.0 Å². The molecule has 1 heterocycles. The zero-order chi connectivity index (χ0) is 14.6. The minimum atomic E-state index is -3.54. The molecule has 2 N–H and O–H groups in total. The molecule has 0 saturated carbocycles. The first kappa shape index (κ1) is 14.8. The van der Waals surface area contributed by atoms with Crippen LogP contribution in [0.25, 0.3) is 6.08 Å². The molecule has 0 bridgehead atoms. The second kappa shape index (κ2) is 6.21. The van der Waals surface area contributed by atoms with Crippen molar-refractivity contribution in [1.29, 1.82) is 0 Å². The van der Waals surface area contributed by atoms with Crippen molar-refractivity contribution < 1.29 is 8.42 Å². The third kappa shape index (κ3) is 4.19. The summed E-state index contributed by atoms with van der Waals surface area (Å²) in [6.45, 7) is 1.71. The number of imidazole rings is 1. The van der Waals surface area contributed by atoms with E-state index in [4.69, 9.17) is 11.6 Å². The molecule has 20 heavy (non-hydrogen) atoms. The summed E-state index contributed by atoms with van der Waals surface area (Å²) in [5.74, 6) is 0.563. The third-order valence-electron chi connectivity index (χ3n) is 2.58. The van der Waals surface area contributed by atoms with Gasteiger partial charge in [-0.1, -0.05) is 23.7 Å². The van der Waals surface area contributed by atoms with E-state index in [9.17, 15) is 8.42 Å². The molecule has 7 heteroatoms. The Hall–Kier alpha value is -1.63. The second-order valence-corrected chi connectivity index (χ2v) is 6.25. The van der Waals surface area contributed by atoms with Crippen LogP contribution in [0.15, 0.2) is 42.1 Å². The molecule has 0 saturated heterocycles. The molecule has 0 fully saturated rings. The highest BCUT2D eigenvalue weighted by atomic mass is 35.5. The van der Waals surface area contributed by atoms with Crippen molar-refractivity contribution in [2.24, 2.45) is 0 Å². The van der Waals surface area contributed by atoms with E-state index in [1.807, 2.05) is 0 Å². The number of nitrogens with one attached hydrogen (secondary N) is 2. The highest BCUT2D eigenvalue weighted by Gasteiger charge is 2.14. The fourth-order valence-electron chi connectivity index (χ4n) is 1.60. The SMILES string of the molecule is CC(NS(=O)(=O)/C=C/c1ccc(Cl)cc1)c1ncc[nH]1. The van der Waals surface area contributed by atoms with Crippen LogP contribution >= 0.6 is 11.6 Å². The van der Waals surface area contributed by atoms with E-state index in [2.05, 4.69) is 14.7 Å². The number of hydrogen-bond acceptors (Lipinski definition) is 3. The Balaban J connectivity index is 2.05. The van der Waals surface area contributed by atoms with E-state index in [1.54, 1.807) is 43.6 Å². The summed E-state index contributed by atoms with van der Waals surface area (Å²) >= 11 is 5.76. The van der Waals surface area contributed by atoms with Gasteiger partial charge in [0.15, 0.2) is 0 Å². The van der Waals surface area contributed by atoms with Crippen molar-refractivity contribution in [2.45, 2.75) is 13.0 Å². The highest BCUT2D eigenvalue weighted by molar-refractivity contribution is 7.92. The van der Waals surface area contributed by atoms with Crippen LogP contribution in [0, 0.1) is 0 Å². The number of H-pyrrole nitrogens is 1. The summed E-state index contributed by atoms with van der Waals surface area (Å²) in [6, 6.07) is 6.46. The Morgan fingerprint density at radius 1 is 1.35 bits per heavy atom. The van der Waals surface area contributed by atoms with Gasteiger partial charge in [-0.15, -0.1) is 0 Å². The van der Waals surface area contributed by atoms with Crippen molar-refractivity contribution in [2.75, 3.05) is 0 Å². The molecule has 0 spiro atoms. The van der Waals surface area contributed by atoms with Crippen LogP contribution in [0.4, 0.5) is 0 Å². The van der Waals surface area contributed by atoms with Crippen LogP contribution in [-0.4, -0.2) is 18.4 Å². The van der Waals surface area contributed by atoms with E-state index in [0.717, 1.165) is 11.0 Å². The molecule has 0 radical (unpaired) electrons. The number of halogens is 1. The minimum Gasteiger partial charge on any atom is -0.347 e. The molecule has 1 atom stereocenters. The van der Waals surface area contributed by atoms with Gasteiger partial charge in [0, 0.05) is 22.8 Å². The molecular weight excluding hydrogens is 298 g/mol. The summed E-state index contributed by atoms with van der Waals surface area (Å²) in [5, 5.41) is 1.73. The molecule has 0 aliphatic carbocycles. The predicted octanol–water partition coefficient (Wildman–Crippen LogP) is 2.71. The van der Waals surface area contributed by atoms with E-state index >= 15 is 0 Å². The zero-order valence-corrected chi connectivity index (χ0v) is 12.3. The van der Waals surface area contributed by atoms with E-state index in [0.29, 0.717) is 10.8 Å². The lowest BCUT2D eigenvalue weighted by atomic mass is 10.2. The van der Waals surface area contributed by atoms with Gasteiger partial charge in [-0.05, 0) is 30.7 Å². The standard InChI is InChI=1S/C13H14ClN3O2S/c1-10(13-15-7-8-16-13)17-20(18,19)9-6-11-2-4-12(14)5-3-11/h2-10,17H,1H3,(H,15,16)/b9-6+. The van der Waals surface area contributed by atoms with Gasteiger partial charge < -0.3 is 4.98 Å². The molecule has 0 aliphatic heterocycles. The maximum Gasteiger partial charge on any atom is 0.234 e. The number of sulfonamides is 1. The quantitative estimate of drug-likeness (QED) is 0.891. The van der Waals surface area contributed by atoms with E-state index in [1.165, 1.54) is 6.08 Å². The van der Waals surface area contributed by atoms with Crippen molar-refractivity contribution in [1.82, 2.24) is 14.7 Å². The third-order valence-corrected chi connectivity index (χ3v) is 4.01. The van der Waals surface area contributed by atoms with Gasteiger partial charge in [0.25, 0.3) is 0 Å². The Kier molecular flexibility index (Phi) is 4.59. The summed E-state index contributed by atoms with van der Waals surface area (Å²) in [6.07, 6.45) is 4.72. The summed E-state index contributed by atoms with van der Waals surface area (Å²) in [5.41, 5.74) is 0.755. The first-order valence-corrected chi connectivity index (χ1v) is 7.84. The Morgan fingerprint density at radius 2 is 2.05 bits per heavy atom. The lowest BCUT2D eigenvalue weighted by Crippen LogP contribution is -2.25. The van der Waals surface area contributed by atoms with Gasteiger partial charge in [0.05, 0.1) is 6.04 Å². The molecule has 0 amide bonds. The summed E-state index contributed by atoms with van der Waals surface area (Å²) < 4.78 is 26.3. The monoisotopic (exact) mass is 311 g/mol. The smallest absolute Gasteiger partial charge is 0.234 e. The van der Waals surface area contributed by atoms with Crippen LogP contribution in [-0.2, 0) is 10.0 Å². The van der Waals surface area contributed by atoms with E-state index in [-0.39, 0.29) is 0 Å². The number of rotatable bonds is 5. The van der Waals surface area contributed by atoms with Gasteiger partial charge in [-0.3, -0.25) is 0 Å². The fourth-order valence-corrected chi connectivity index (χ4v) is 2.74. The summed E-state index contributed by atoms with van der Waals surface area (Å²) in [4.78, 5) is 6.87. The zero-order valence-electron chi connectivity index (χ0n) is 10.7. The summed E-state index contributed by atoms with van der Waals surface area (Å²) in [7, 11) is -3.54. The topological polar surface area (TPSA) is 74.8 Å². The van der Waals surface area contributed by atoms with Crippen molar-refractivity contribution in [3.05, 3.63) is 58.5 Å². The maximum atomic E-state index is 11.9. The Morgan fingerprint density at radius 3 is 2.65 bits per heavy atom. The van der Waals surface area contributed by atoms with Crippen molar-refractivity contribution in [3.8, 4) is 0 Å². The first-order valence-electron chi connectivity index (χ1n) is 5.91. The van der Waals surface area contributed by atoms with Crippen LogP contribution < -0.4 is 4.72 Å². The minimum absolute atomic E-state index is 0.426. The van der Waals surface area contributed by atoms with Gasteiger partial charge >= 0.3 is 0 Å².